The van der Waals surface area contributed by atoms with E-state index in [0.29, 0.717) is 6.61 Å². The number of pyridine rings is 1. The van der Waals surface area contributed by atoms with Gasteiger partial charge in [0.05, 0.1) is 6.61 Å². The van der Waals surface area contributed by atoms with Gasteiger partial charge in [-0.15, -0.1) is 0 Å². The molecule has 0 amide bonds. The molecule has 0 aliphatic carbocycles. The third-order valence-electron chi connectivity index (χ3n) is 1.70. The van der Waals surface area contributed by atoms with Crippen LogP contribution in [0.15, 0.2) is 18.3 Å². The van der Waals surface area contributed by atoms with Crippen LogP contribution in [0.5, 0.6) is 0 Å². The molecular weight excluding hydrogens is 164 g/mol. The lowest BCUT2D eigenvalue weighted by molar-refractivity contribution is 0.121. The van der Waals surface area contributed by atoms with Crippen molar-refractivity contribution in [3.05, 3.63) is 23.9 Å². The lowest BCUT2D eigenvalue weighted by Gasteiger charge is -2.03. The van der Waals surface area contributed by atoms with E-state index in [1.54, 1.807) is 0 Å². The van der Waals surface area contributed by atoms with Gasteiger partial charge in [0.2, 0.25) is 0 Å². The fourth-order valence-corrected chi connectivity index (χ4v) is 0.992. The highest BCUT2D eigenvalue weighted by atomic mass is 16.5. The van der Waals surface area contributed by atoms with Crippen molar-refractivity contribution >= 4 is 5.82 Å². The average Bonchev–Trinajstić information content (AvgIpc) is 2.19. The van der Waals surface area contributed by atoms with Crippen LogP contribution in [-0.4, -0.2) is 18.6 Å². The van der Waals surface area contributed by atoms with Gasteiger partial charge in [-0.3, -0.25) is 0 Å². The first kappa shape index (κ1) is 9.99. The van der Waals surface area contributed by atoms with Crippen LogP contribution in [0.2, 0.25) is 0 Å². The maximum Gasteiger partial charge on any atom is 0.125 e. The quantitative estimate of drug-likeness (QED) is 0.704. The van der Waals surface area contributed by atoms with Crippen LogP contribution in [0.1, 0.15) is 18.9 Å². The Labute approximate surface area is 79.1 Å². The summed E-state index contributed by atoms with van der Waals surface area (Å²) in [5.41, 5.74) is 1.12. The van der Waals surface area contributed by atoms with Crippen LogP contribution in [0.3, 0.4) is 0 Å². The smallest absolute Gasteiger partial charge is 0.125 e. The first-order chi connectivity index (χ1) is 6.36. The molecule has 0 spiro atoms. The molecule has 0 aliphatic rings. The van der Waals surface area contributed by atoms with Crippen molar-refractivity contribution in [2.75, 3.05) is 19.0 Å². The lowest BCUT2D eigenvalue weighted by atomic mass is 10.3. The largest absolute Gasteiger partial charge is 0.377 e. The summed E-state index contributed by atoms with van der Waals surface area (Å²) in [6.45, 7) is 3.57. The number of nitrogens with zero attached hydrogens (tertiary/aromatic N) is 1. The van der Waals surface area contributed by atoms with Crippen LogP contribution >= 0.6 is 0 Å². The highest BCUT2D eigenvalue weighted by molar-refractivity contribution is 5.34. The number of nitrogens with one attached hydrogen (secondary N) is 1. The molecule has 72 valence electrons. The summed E-state index contributed by atoms with van der Waals surface area (Å²) in [6, 6.07) is 3.97. The predicted molar refractivity (Wildman–Crippen MR) is 53.7 cm³/mol. The second kappa shape index (κ2) is 5.54. The van der Waals surface area contributed by atoms with E-state index in [9.17, 15) is 0 Å². The third kappa shape index (κ3) is 3.42. The Morgan fingerprint density at radius 1 is 1.46 bits per heavy atom. The Balaban J connectivity index is 2.40. The molecule has 0 bridgehead atoms. The number of ether oxygens (including phenoxy) is 1. The zero-order valence-electron chi connectivity index (χ0n) is 8.21. The fraction of sp³-hybridized carbons (Fsp3) is 0.500. The Bertz CT molecular complexity index is 233. The highest BCUT2D eigenvalue weighted by Crippen LogP contribution is 2.05. The van der Waals surface area contributed by atoms with E-state index in [-0.39, 0.29) is 0 Å². The molecule has 1 heterocycles. The molecular formula is C10H16N2O. The van der Waals surface area contributed by atoms with E-state index in [1.165, 1.54) is 0 Å². The SMILES string of the molecule is CCCOCc1ccc(NC)nc1. The van der Waals surface area contributed by atoms with E-state index in [4.69, 9.17) is 4.74 Å². The van der Waals surface area contributed by atoms with Crippen molar-refractivity contribution in [3.63, 3.8) is 0 Å². The van der Waals surface area contributed by atoms with Crippen LogP contribution in [0.4, 0.5) is 5.82 Å². The first-order valence-electron chi connectivity index (χ1n) is 4.57. The van der Waals surface area contributed by atoms with Gasteiger partial charge in [-0.2, -0.15) is 0 Å². The summed E-state index contributed by atoms with van der Waals surface area (Å²) in [5, 5.41) is 2.97. The Kier molecular flexibility index (Phi) is 4.26. The van der Waals surface area contributed by atoms with E-state index < -0.39 is 0 Å². The van der Waals surface area contributed by atoms with Gasteiger partial charge in [0.25, 0.3) is 0 Å². The molecule has 1 rings (SSSR count). The molecule has 0 unspecified atom stereocenters. The van der Waals surface area contributed by atoms with Crippen molar-refractivity contribution in [2.24, 2.45) is 0 Å². The van der Waals surface area contributed by atoms with Gasteiger partial charge in [-0.25, -0.2) is 4.98 Å². The lowest BCUT2D eigenvalue weighted by Crippen LogP contribution is -1.96. The molecule has 3 nitrogen and oxygen atoms in total. The number of anilines is 1. The summed E-state index contributed by atoms with van der Waals surface area (Å²) in [7, 11) is 1.86. The number of aromatic nitrogens is 1. The second-order valence-corrected chi connectivity index (χ2v) is 2.85. The molecule has 0 aromatic carbocycles. The molecule has 0 radical (unpaired) electrons. The van der Waals surface area contributed by atoms with Gasteiger partial charge in [-0.05, 0) is 18.1 Å². The normalized spacial score (nSPS) is 10.0. The minimum Gasteiger partial charge on any atom is -0.377 e. The minimum absolute atomic E-state index is 0.658. The van der Waals surface area contributed by atoms with Gasteiger partial charge < -0.3 is 10.1 Å². The average molecular weight is 180 g/mol. The molecule has 1 aromatic heterocycles. The molecule has 1 N–H and O–H groups in total. The number of hydrogen-bond acceptors (Lipinski definition) is 3. The van der Waals surface area contributed by atoms with Crippen LogP contribution < -0.4 is 5.32 Å². The van der Waals surface area contributed by atoms with Crippen molar-refractivity contribution in [1.29, 1.82) is 0 Å². The Morgan fingerprint density at radius 2 is 2.31 bits per heavy atom. The monoisotopic (exact) mass is 180 g/mol. The molecule has 3 heteroatoms. The summed E-state index contributed by atoms with van der Waals surface area (Å²) in [6.07, 6.45) is 2.89. The third-order valence-corrected chi connectivity index (χ3v) is 1.70. The molecule has 0 saturated carbocycles. The Morgan fingerprint density at radius 3 is 2.85 bits per heavy atom. The van der Waals surface area contributed by atoms with Crippen molar-refractivity contribution in [3.8, 4) is 0 Å². The van der Waals surface area contributed by atoms with E-state index in [1.807, 2.05) is 25.4 Å². The van der Waals surface area contributed by atoms with Gasteiger partial charge in [0, 0.05) is 19.9 Å². The van der Waals surface area contributed by atoms with Gasteiger partial charge >= 0.3 is 0 Å². The van der Waals surface area contributed by atoms with Gasteiger partial charge in [-0.1, -0.05) is 13.0 Å². The highest BCUT2D eigenvalue weighted by Gasteiger charge is 1.93. The number of hydrogen-bond donors (Lipinski definition) is 1. The van der Waals surface area contributed by atoms with Crippen molar-refractivity contribution in [2.45, 2.75) is 20.0 Å². The summed E-state index contributed by atoms with van der Waals surface area (Å²) in [5.74, 6) is 0.888. The van der Waals surface area contributed by atoms with Crippen LogP contribution in [0, 0.1) is 0 Å². The molecule has 0 fully saturated rings. The standard InChI is InChI=1S/C10H16N2O/c1-3-6-13-8-9-4-5-10(11-2)12-7-9/h4-5,7H,3,6,8H2,1-2H3,(H,11,12). The molecule has 0 aliphatic heterocycles. The van der Waals surface area contributed by atoms with Crippen molar-refractivity contribution in [1.82, 2.24) is 4.98 Å². The maximum atomic E-state index is 5.38. The summed E-state index contributed by atoms with van der Waals surface area (Å²) < 4.78 is 5.38. The van der Waals surface area contributed by atoms with Crippen LogP contribution in [-0.2, 0) is 11.3 Å². The summed E-state index contributed by atoms with van der Waals surface area (Å²) in [4.78, 5) is 4.18. The fourth-order valence-electron chi connectivity index (χ4n) is 0.992. The molecule has 0 atom stereocenters. The minimum atomic E-state index is 0.658. The van der Waals surface area contributed by atoms with E-state index in [2.05, 4.69) is 17.2 Å². The zero-order valence-corrected chi connectivity index (χ0v) is 8.21. The maximum absolute atomic E-state index is 5.38. The first-order valence-corrected chi connectivity index (χ1v) is 4.57. The molecule has 13 heavy (non-hydrogen) atoms. The zero-order chi connectivity index (χ0) is 9.52. The topological polar surface area (TPSA) is 34.1 Å². The molecule has 1 aromatic rings. The van der Waals surface area contributed by atoms with Crippen molar-refractivity contribution < 1.29 is 4.74 Å². The summed E-state index contributed by atoms with van der Waals surface area (Å²) >= 11 is 0. The number of rotatable bonds is 5. The van der Waals surface area contributed by atoms with Crippen LogP contribution in [0.25, 0.3) is 0 Å². The Hall–Kier alpha value is -1.09. The van der Waals surface area contributed by atoms with E-state index in [0.717, 1.165) is 24.4 Å². The van der Waals surface area contributed by atoms with Gasteiger partial charge in [0.15, 0.2) is 0 Å². The predicted octanol–water partition coefficient (Wildman–Crippen LogP) is 2.05. The second-order valence-electron chi connectivity index (χ2n) is 2.85. The van der Waals surface area contributed by atoms with Gasteiger partial charge in [0.1, 0.15) is 5.82 Å². The van der Waals surface area contributed by atoms with E-state index >= 15 is 0 Å². The molecule has 0 saturated heterocycles.